The number of nitrogens with zero attached hydrogens (tertiary/aromatic N) is 2. The van der Waals surface area contributed by atoms with Crippen LogP contribution in [-0.2, 0) is 26.2 Å². The molecule has 0 bridgehead atoms. The third-order valence-corrected chi connectivity index (χ3v) is 7.33. The van der Waals surface area contributed by atoms with Gasteiger partial charge in [0.15, 0.2) is 0 Å². The van der Waals surface area contributed by atoms with Gasteiger partial charge < -0.3 is 10.2 Å². The van der Waals surface area contributed by atoms with E-state index in [1.54, 1.807) is 18.2 Å². The highest BCUT2D eigenvalue weighted by atomic mass is 35.5. The molecular weight excluding hydrogens is 465 g/mol. The number of fused-ring (bicyclic) bond motifs is 1. The molecule has 2 aromatic carbocycles. The van der Waals surface area contributed by atoms with Gasteiger partial charge in [0, 0.05) is 23.6 Å². The van der Waals surface area contributed by atoms with Gasteiger partial charge in [-0.05, 0) is 36.8 Å². The fraction of sp³-hybridized carbons (Fsp3) is 0.250. The summed E-state index contributed by atoms with van der Waals surface area (Å²) in [7, 11) is -2.75. The maximum Gasteiger partial charge on any atom is 0.269 e. The zero-order chi connectivity index (χ0) is 22.9. The van der Waals surface area contributed by atoms with Crippen molar-refractivity contribution < 1.29 is 22.8 Å². The molecule has 1 N–H and O–H groups in total. The van der Waals surface area contributed by atoms with Crippen LogP contribution in [-0.4, -0.2) is 55.0 Å². The van der Waals surface area contributed by atoms with Crippen LogP contribution in [0.2, 0.25) is 10.0 Å². The van der Waals surface area contributed by atoms with Crippen LogP contribution in [0.3, 0.4) is 0 Å². The number of amides is 3. The lowest BCUT2D eigenvalue weighted by molar-refractivity contribution is -0.140. The second-order valence-corrected chi connectivity index (χ2v) is 9.53. The summed E-state index contributed by atoms with van der Waals surface area (Å²) < 4.78 is 26.1. The number of halogens is 2. The first kappa shape index (κ1) is 23.1. The molecule has 0 saturated heterocycles. The number of carbonyl (C=O) groups is 3. The van der Waals surface area contributed by atoms with Gasteiger partial charge in [0.1, 0.15) is 17.5 Å². The fourth-order valence-electron chi connectivity index (χ4n) is 3.23. The average molecular weight is 484 g/mol. The van der Waals surface area contributed by atoms with E-state index in [2.05, 4.69) is 5.32 Å². The van der Waals surface area contributed by atoms with Gasteiger partial charge in [0.05, 0.1) is 5.56 Å². The number of carbonyl (C=O) groups excluding carboxylic acids is 3. The van der Waals surface area contributed by atoms with E-state index in [9.17, 15) is 22.8 Å². The van der Waals surface area contributed by atoms with Gasteiger partial charge in [-0.1, -0.05) is 41.4 Å². The Labute approximate surface area is 189 Å². The Hall–Kier alpha value is -2.62. The van der Waals surface area contributed by atoms with Gasteiger partial charge in [-0.2, -0.15) is 0 Å². The molecule has 0 saturated carbocycles. The summed E-state index contributed by atoms with van der Waals surface area (Å²) in [6.45, 7) is 0.663. The van der Waals surface area contributed by atoms with Crippen LogP contribution in [0.25, 0.3) is 0 Å². The Bertz CT molecular complexity index is 1170. The Balaban J connectivity index is 1.92. The molecule has 3 rings (SSSR count). The minimum atomic E-state index is -4.17. The quantitative estimate of drug-likeness (QED) is 0.678. The minimum absolute atomic E-state index is 0.00180. The molecule has 3 amide bonds. The highest BCUT2D eigenvalue weighted by molar-refractivity contribution is 7.90. The van der Waals surface area contributed by atoms with Crippen molar-refractivity contribution >= 4 is 50.9 Å². The SMILES string of the molecule is CNC(=O)[C@@H](C)N(Cc1ccc(Cl)cc1Cl)C(=O)CN1C(=O)c2ccccc2S1(=O)=O. The first-order valence-corrected chi connectivity index (χ1v) is 11.4. The third kappa shape index (κ3) is 4.39. The predicted molar refractivity (Wildman–Crippen MR) is 115 cm³/mol. The van der Waals surface area contributed by atoms with Crippen molar-refractivity contribution in [3.8, 4) is 0 Å². The number of likely N-dealkylation sites (N-methyl/N-ethyl adjacent to an activating group) is 1. The van der Waals surface area contributed by atoms with E-state index in [0.717, 1.165) is 0 Å². The number of rotatable bonds is 6. The summed E-state index contributed by atoms with van der Waals surface area (Å²) in [4.78, 5) is 39.0. The molecule has 1 atom stereocenters. The fourth-order valence-corrected chi connectivity index (χ4v) is 5.21. The van der Waals surface area contributed by atoms with Crippen LogP contribution in [0.5, 0.6) is 0 Å². The lowest BCUT2D eigenvalue weighted by Gasteiger charge is -2.30. The maximum atomic E-state index is 13.1. The molecule has 1 heterocycles. The standard InChI is InChI=1S/C20H19Cl2N3O5S/c1-12(19(27)23-2)24(10-13-7-8-14(21)9-16(13)22)18(26)11-25-20(28)15-5-3-4-6-17(15)31(25,29)30/h3-9,12H,10-11H2,1-2H3,(H,23,27)/t12-/m1/s1. The summed E-state index contributed by atoms with van der Waals surface area (Å²) in [5, 5.41) is 3.14. The topological polar surface area (TPSA) is 104 Å². The van der Waals surface area contributed by atoms with Gasteiger partial charge in [-0.25, -0.2) is 12.7 Å². The highest BCUT2D eigenvalue weighted by Crippen LogP contribution is 2.30. The van der Waals surface area contributed by atoms with E-state index in [-0.39, 0.29) is 22.0 Å². The first-order valence-electron chi connectivity index (χ1n) is 9.19. The molecule has 0 aromatic heterocycles. The van der Waals surface area contributed by atoms with Crippen LogP contribution in [0.1, 0.15) is 22.8 Å². The van der Waals surface area contributed by atoms with Crippen LogP contribution in [0.15, 0.2) is 47.4 Å². The molecule has 0 spiro atoms. The average Bonchev–Trinajstić information content (AvgIpc) is 2.93. The Morgan fingerprint density at radius 2 is 1.84 bits per heavy atom. The molecule has 0 fully saturated rings. The van der Waals surface area contributed by atoms with Crippen LogP contribution in [0, 0.1) is 0 Å². The van der Waals surface area contributed by atoms with Gasteiger partial charge in [-0.15, -0.1) is 0 Å². The van der Waals surface area contributed by atoms with Crippen molar-refractivity contribution in [2.24, 2.45) is 0 Å². The molecule has 1 aliphatic heterocycles. The molecule has 0 radical (unpaired) electrons. The molecule has 0 aliphatic carbocycles. The van der Waals surface area contributed by atoms with Crippen molar-refractivity contribution in [3.05, 3.63) is 63.6 Å². The Kier molecular flexibility index (Phi) is 6.59. The van der Waals surface area contributed by atoms with E-state index in [0.29, 0.717) is 14.9 Å². The minimum Gasteiger partial charge on any atom is -0.357 e. The zero-order valence-corrected chi connectivity index (χ0v) is 19.0. The van der Waals surface area contributed by atoms with Crippen molar-refractivity contribution in [3.63, 3.8) is 0 Å². The second-order valence-electron chi connectivity index (χ2n) is 6.86. The van der Waals surface area contributed by atoms with Crippen molar-refractivity contribution in [2.45, 2.75) is 24.4 Å². The lowest BCUT2D eigenvalue weighted by atomic mass is 10.1. The molecule has 0 unspecified atom stereocenters. The van der Waals surface area contributed by atoms with Gasteiger partial charge in [-0.3, -0.25) is 14.4 Å². The molecule has 1 aliphatic rings. The van der Waals surface area contributed by atoms with Crippen molar-refractivity contribution in [2.75, 3.05) is 13.6 Å². The number of nitrogens with one attached hydrogen (secondary N) is 1. The Morgan fingerprint density at radius 1 is 1.16 bits per heavy atom. The van der Waals surface area contributed by atoms with Gasteiger partial charge in [0.2, 0.25) is 11.8 Å². The van der Waals surface area contributed by atoms with Crippen molar-refractivity contribution in [1.82, 2.24) is 14.5 Å². The summed E-state index contributed by atoms with van der Waals surface area (Å²) >= 11 is 12.1. The summed E-state index contributed by atoms with van der Waals surface area (Å²) in [6, 6.07) is 9.47. The highest BCUT2D eigenvalue weighted by Gasteiger charge is 2.43. The normalized spacial score (nSPS) is 15.4. The predicted octanol–water partition coefficient (Wildman–Crippen LogP) is 2.30. The molecule has 2 aromatic rings. The van der Waals surface area contributed by atoms with E-state index in [1.807, 2.05) is 0 Å². The number of hydrogen-bond acceptors (Lipinski definition) is 5. The van der Waals surface area contributed by atoms with E-state index >= 15 is 0 Å². The summed E-state index contributed by atoms with van der Waals surface area (Å²) in [6.07, 6.45) is 0. The number of sulfonamides is 1. The van der Waals surface area contributed by atoms with Gasteiger partial charge in [0.25, 0.3) is 15.9 Å². The van der Waals surface area contributed by atoms with E-state index < -0.39 is 40.3 Å². The maximum absolute atomic E-state index is 13.1. The van der Waals surface area contributed by atoms with Crippen LogP contribution >= 0.6 is 23.2 Å². The Morgan fingerprint density at radius 3 is 2.45 bits per heavy atom. The third-order valence-electron chi connectivity index (χ3n) is 4.96. The summed E-state index contributed by atoms with van der Waals surface area (Å²) in [5.41, 5.74) is 0.510. The lowest BCUT2D eigenvalue weighted by Crippen LogP contribution is -2.50. The van der Waals surface area contributed by atoms with Crippen LogP contribution < -0.4 is 5.32 Å². The van der Waals surface area contributed by atoms with Gasteiger partial charge >= 0.3 is 0 Å². The largest absolute Gasteiger partial charge is 0.357 e. The van der Waals surface area contributed by atoms with Crippen molar-refractivity contribution in [1.29, 1.82) is 0 Å². The molecular formula is C20H19Cl2N3O5S. The molecule has 164 valence electrons. The zero-order valence-electron chi connectivity index (χ0n) is 16.6. The van der Waals surface area contributed by atoms with E-state index in [1.165, 1.54) is 43.1 Å². The number of hydrogen-bond donors (Lipinski definition) is 1. The molecule has 11 heteroatoms. The second kappa shape index (κ2) is 8.86. The monoisotopic (exact) mass is 483 g/mol. The summed E-state index contributed by atoms with van der Waals surface area (Å²) in [5.74, 6) is -1.98. The smallest absolute Gasteiger partial charge is 0.269 e. The first-order chi connectivity index (χ1) is 14.6. The number of benzene rings is 2. The van der Waals surface area contributed by atoms with E-state index in [4.69, 9.17) is 23.2 Å². The van der Waals surface area contributed by atoms with Crippen LogP contribution in [0.4, 0.5) is 0 Å². The molecule has 8 nitrogen and oxygen atoms in total. The molecule has 31 heavy (non-hydrogen) atoms.